The van der Waals surface area contributed by atoms with E-state index in [1.165, 1.54) is 12.0 Å². The first kappa shape index (κ1) is 26.2. The Morgan fingerprint density at radius 2 is 1.57 bits per heavy atom. The third kappa shape index (κ3) is 4.89. The SMILES string of the molecule is CCOC(=O)c1ccc(N2C(=O)/C(=C\c3cc(C)n(-c4ccc(Br)cc4)c3C)C(C(=O)OC)=C2C)cc1. The number of carbonyl (C=O) groups excluding carboxylic acids is 3. The second-order valence-corrected chi connectivity index (χ2v) is 9.47. The molecule has 1 aliphatic rings. The number of methoxy groups -OCH3 is 1. The fourth-order valence-corrected chi connectivity index (χ4v) is 4.79. The predicted octanol–water partition coefficient (Wildman–Crippen LogP) is 5.91. The zero-order valence-corrected chi connectivity index (χ0v) is 22.9. The summed E-state index contributed by atoms with van der Waals surface area (Å²) in [6.07, 6.45) is 1.74. The minimum atomic E-state index is -0.593. The summed E-state index contributed by atoms with van der Waals surface area (Å²) in [6, 6.07) is 16.5. The second-order valence-electron chi connectivity index (χ2n) is 8.56. The van der Waals surface area contributed by atoms with Gasteiger partial charge in [-0.15, -0.1) is 0 Å². The van der Waals surface area contributed by atoms with E-state index in [0.29, 0.717) is 16.9 Å². The molecule has 1 aliphatic heterocycles. The average molecular weight is 563 g/mol. The quantitative estimate of drug-likeness (QED) is 0.275. The lowest BCUT2D eigenvalue weighted by atomic mass is 10.0. The number of benzene rings is 2. The number of aryl methyl sites for hydroxylation is 1. The number of aromatic nitrogens is 1. The van der Waals surface area contributed by atoms with Crippen LogP contribution in [0.4, 0.5) is 5.69 Å². The van der Waals surface area contributed by atoms with Gasteiger partial charge in [-0.3, -0.25) is 9.69 Å². The molecular weight excluding hydrogens is 536 g/mol. The minimum Gasteiger partial charge on any atom is -0.465 e. The highest BCUT2D eigenvalue weighted by molar-refractivity contribution is 9.10. The first-order valence-corrected chi connectivity index (χ1v) is 12.5. The van der Waals surface area contributed by atoms with Crippen molar-refractivity contribution in [3.63, 3.8) is 0 Å². The largest absolute Gasteiger partial charge is 0.465 e. The molecule has 7 nitrogen and oxygen atoms in total. The molecule has 2 heterocycles. The van der Waals surface area contributed by atoms with E-state index in [1.807, 2.05) is 44.2 Å². The molecule has 0 saturated heterocycles. The molecule has 4 rings (SSSR count). The Hall–Kier alpha value is -3.91. The van der Waals surface area contributed by atoms with Gasteiger partial charge in [-0.2, -0.15) is 0 Å². The van der Waals surface area contributed by atoms with Gasteiger partial charge in [0.25, 0.3) is 5.91 Å². The van der Waals surface area contributed by atoms with E-state index in [9.17, 15) is 14.4 Å². The number of hydrogen-bond donors (Lipinski definition) is 0. The Kier molecular flexibility index (Phi) is 7.50. The number of nitrogens with zero attached hydrogens (tertiary/aromatic N) is 2. The maximum Gasteiger partial charge on any atom is 0.340 e. The average Bonchev–Trinajstić information content (AvgIpc) is 3.30. The molecule has 0 atom stereocenters. The van der Waals surface area contributed by atoms with E-state index >= 15 is 0 Å². The van der Waals surface area contributed by atoms with Gasteiger partial charge >= 0.3 is 11.9 Å². The third-order valence-electron chi connectivity index (χ3n) is 6.28. The lowest BCUT2D eigenvalue weighted by Gasteiger charge is -2.18. The fraction of sp³-hybridized carbons (Fsp3) is 0.207. The van der Waals surface area contributed by atoms with E-state index in [0.717, 1.165) is 27.1 Å². The van der Waals surface area contributed by atoms with Crippen LogP contribution in [0.2, 0.25) is 0 Å². The Morgan fingerprint density at radius 1 is 0.946 bits per heavy atom. The number of allylic oxidation sites excluding steroid dienone is 1. The maximum atomic E-state index is 13.7. The lowest BCUT2D eigenvalue weighted by molar-refractivity contribution is -0.136. The number of carbonyl (C=O) groups is 3. The van der Waals surface area contributed by atoms with Crippen LogP contribution in [0.3, 0.4) is 0 Å². The van der Waals surface area contributed by atoms with Crippen molar-refractivity contribution < 1.29 is 23.9 Å². The highest BCUT2D eigenvalue weighted by atomic mass is 79.9. The van der Waals surface area contributed by atoms with Gasteiger partial charge in [-0.1, -0.05) is 15.9 Å². The first-order chi connectivity index (χ1) is 17.7. The van der Waals surface area contributed by atoms with Crippen molar-refractivity contribution in [3.8, 4) is 5.69 Å². The maximum absolute atomic E-state index is 13.7. The number of amides is 1. The fourth-order valence-electron chi connectivity index (χ4n) is 4.53. The molecule has 0 fully saturated rings. The molecule has 0 aliphatic carbocycles. The van der Waals surface area contributed by atoms with Crippen LogP contribution in [0.15, 0.2) is 75.9 Å². The second kappa shape index (κ2) is 10.6. The minimum absolute atomic E-state index is 0.204. The van der Waals surface area contributed by atoms with Crippen LogP contribution in [0.5, 0.6) is 0 Å². The van der Waals surface area contributed by atoms with Crippen LogP contribution in [0, 0.1) is 13.8 Å². The van der Waals surface area contributed by atoms with Crippen LogP contribution >= 0.6 is 15.9 Å². The summed E-state index contributed by atoms with van der Waals surface area (Å²) in [4.78, 5) is 40.0. The van der Waals surface area contributed by atoms with Gasteiger partial charge in [-0.05, 0) is 93.9 Å². The van der Waals surface area contributed by atoms with E-state index in [4.69, 9.17) is 9.47 Å². The summed E-state index contributed by atoms with van der Waals surface area (Å²) in [7, 11) is 1.29. The van der Waals surface area contributed by atoms with Gasteiger partial charge < -0.3 is 14.0 Å². The summed E-state index contributed by atoms with van der Waals surface area (Å²) >= 11 is 3.47. The van der Waals surface area contributed by atoms with Crippen LogP contribution < -0.4 is 4.90 Å². The van der Waals surface area contributed by atoms with E-state index < -0.39 is 11.9 Å². The summed E-state index contributed by atoms with van der Waals surface area (Å²) in [5, 5.41) is 0. The zero-order valence-electron chi connectivity index (χ0n) is 21.3. The molecular formula is C29H27BrN2O5. The van der Waals surface area contributed by atoms with Gasteiger partial charge in [-0.25, -0.2) is 9.59 Å². The standard InChI is InChI=1S/C29H27BrN2O5/c1-6-37-28(34)20-7-11-24(12-8-20)32-19(4)26(29(35)36-5)25(27(32)33)16-21-15-17(2)31(18(21)3)23-13-9-22(30)10-14-23/h7-16H,6H2,1-5H3/b25-16-. The normalized spacial score (nSPS) is 14.5. The number of anilines is 1. The summed E-state index contributed by atoms with van der Waals surface area (Å²) < 4.78 is 13.2. The Labute approximate surface area is 224 Å². The first-order valence-electron chi connectivity index (χ1n) is 11.8. The Balaban J connectivity index is 1.77. The molecule has 0 unspecified atom stereocenters. The number of halogens is 1. The van der Waals surface area contributed by atoms with E-state index in [2.05, 4.69) is 20.5 Å². The molecule has 0 radical (unpaired) electrons. The summed E-state index contributed by atoms with van der Waals surface area (Å²) in [6.45, 7) is 7.68. The molecule has 0 spiro atoms. The van der Waals surface area contributed by atoms with Gasteiger partial charge in [0, 0.05) is 32.9 Å². The van der Waals surface area contributed by atoms with Crippen LogP contribution in [0.25, 0.3) is 11.8 Å². The van der Waals surface area contributed by atoms with Crippen molar-refractivity contribution in [1.82, 2.24) is 4.57 Å². The number of ether oxygens (including phenoxy) is 2. The van der Waals surface area contributed by atoms with Crippen LogP contribution in [-0.2, 0) is 19.1 Å². The van der Waals surface area contributed by atoms with Crippen molar-refractivity contribution in [2.45, 2.75) is 27.7 Å². The molecule has 1 amide bonds. The molecule has 1 aromatic heterocycles. The molecule has 8 heteroatoms. The molecule has 0 N–H and O–H groups in total. The summed E-state index contributed by atoms with van der Waals surface area (Å²) in [5.74, 6) is -1.38. The molecule has 2 aromatic carbocycles. The topological polar surface area (TPSA) is 77.8 Å². The lowest BCUT2D eigenvalue weighted by Crippen LogP contribution is -2.24. The van der Waals surface area contributed by atoms with Crippen LogP contribution in [0.1, 0.15) is 41.2 Å². The smallest absolute Gasteiger partial charge is 0.340 e. The predicted molar refractivity (Wildman–Crippen MR) is 146 cm³/mol. The zero-order chi connectivity index (χ0) is 26.9. The van der Waals surface area contributed by atoms with E-state index in [1.54, 1.807) is 44.2 Å². The highest BCUT2D eigenvalue weighted by Crippen LogP contribution is 2.36. The Bertz CT molecular complexity index is 1450. The molecule has 0 saturated carbocycles. The Morgan fingerprint density at radius 3 is 2.16 bits per heavy atom. The van der Waals surface area contributed by atoms with Crippen molar-refractivity contribution in [1.29, 1.82) is 0 Å². The molecule has 37 heavy (non-hydrogen) atoms. The van der Waals surface area contributed by atoms with Crippen molar-refractivity contribution in [2.24, 2.45) is 0 Å². The van der Waals surface area contributed by atoms with Gasteiger partial charge in [0.2, 0.25) is 0 Å². The van der Waals surface area contributed by atoms with Crippen molar-refractivity contribution in [2.75, 3.05) is 18.6 Å². The number of hydrogen-bond acceptors (Lipinski definition) is 5. The van der Waals surface area contributed by atoms with Gasteiger partial charge in [0.15, 0.2) is 0 Å². The van der Waals surface area contributed by atoms with Gasteiger partial charge in [0.1, 0.15) is 0 Å². The van der Waals surface area contributed by atoms with E-state index in [-0.39, 0.29) is 23.7 Å². The third-order valence-corrected chi connectivity index (χ3v) is 6.81. The van der Waals surface area contributed by atoms with Crippen LogP contribution in [-0.4, -0.2) is 36.1 Å². The number of esters is 2. The number of rotatable bonds is 6. The monoisotopic (exact) mass is 562 g/mol. The molecule has 3 aromatic rings. The highest BCUT2D eigenvalue weighted by Gasteiger charge is 2.38. The van der Waals surface area contributed by atoms with Gasteiger partial charge in [0.05, 0.1) is 30.4 Å². The van der Waals surface area contributed by atoms with Crippen molar-refractivity contribution in [3.05, 3.63) is 98.4 Å². The molecule has 0 bridgehead atoms. The van der Waals surface area contributed by atoms with Crippen molar-refractivity contribution >= 4 is 45.5 Å². The summed E-state index contributed by atoms with van der Waals surface area (Å²) in [5.41, 5.74) is 5.53. The molecule has 190 valence electrons.